The summed E-state index contributed by atoms with van der Waals surface area (Å²) in [6, 6.07) is 12.7. The van der Waals surface area contributed by atoms with Crippen LogP contribution in [0.4, 0.5) is 11.4 Å². The largest absolute Gasteiger partial charge is 0.397 e. The molecule has 1 aromatic heterocycles. The highest BCUT2D eigenvalue weighted by molar-refractivity contribution is 6.07. The molecule has 1 fully saturated rings. The third-order valence-electron chi connectivity index (χ3n) is 4.88. The van der Waals surface area contributed by atoms with E-state index in [2.05, 4.69) is 10.3 Å². The second-order valence-electron chi connectivity index (χ2n) is 6.51. The summed E-state index contributed by atoms with van der Waals surface area (Å²) in [7, 11) is 0. The molecule has 0 radical (unpaired) electrons. The molecule has 3 aromatic rings. The zero-order valence-electron chi connectivity index (χ0n) is 14.2. The van der Waals surface area contributed by atoms with Crippen molar-refractivity contribution < 1.29 is 4.79 Å². The Morgan fingerprint density at radius 3 is 2.62 bits per heavy atom. The van der Waals surface area contributed by atoms with Gasteiger partial charge in [-0.2, -0.15) is 0 Å². The maximum absolute atomic E-state index is 12.5. The molecule has 0 aliphatic heterocycles. The number of nitrogens with two attached hydrogens (primary N) is 1. The number of nitrogens with one attached hydrogen (secondary N) is 2. The summed E-state index contributed by atoms with van der Waals surface area (Å²) in [6.07, 6.45) is 4.37. The summed E-state index contributed by atoms with van der Waals surface area (Å²) in [4.78, 5) is 27.7. The Hall–Kier alpha value is -2.73. The van der Waals surface area contributed by atoms with Gasteiger partial charge in [-0.15, -0.1) is 12.4 Å². The first-order chi connectivity index (χ1) is 12.1. The van der Waals surface area contributed by atoms with E-state index in [1.54, 1.807) is 24.3 Å². The first-order valence-electron chi connectivity index (χ1n) is 8.53. The average Bonchev–Trinajstić information content (AvgIpc) is 3.22. The van der Waals surface area contributed by atoms with E-state index in [1.807, 2.05) is 22.8 Å². The van der Waals surface area contributed by atoms with Gasteiger partial charge in [-0.3, -0.25) is 9.36 Å². The minimum atomic E-state index is -0.255. The fourth-order valence-corrected chi connectivity index (χ4v) is 3.60. The molecule has 0 bridgehead atoms. The first-order valence-corrected chi connectivity index (χ1v) is 8.53. The molecule has 0 spiro atoms. The highest BCUT2D eigenvalue weighted by Crippen LogP contribution is 2.30. The number of rotatable bonds is 3. The molecule has 1 amide bonds. The number of anilines is 2. The SMILES string of the molecule is Cl.Nc1ccccc1NC(=O)c1ccc2c(c1)[nH]c(=O)n2C1CCCC1. The molecule has 1 aliphatic rings. The van der Waals surface area contributed by atoms with Crippen molar-refractivity contribution in [3.8, 4) is 0 Å². The normalized spacial score (nSPS) is 14.3. The lowest BCUT2D eigenvalue weighted by Gasteiger charge is -2.11. The van der Waals surface area contributed by atoms with Crippen LogP contribution in [0.5, 0.6) is 0 Å². The minimum Gasteiger partial charge on any atom is -0.397 e. The topological polar surface area (TPSA) is 92.9 Å². The van der Waals surface area contributed by atoms with E-state index in [0.29, 0.717) is 22.5 Å². The summed E-state index contributed by atoms with van der Waals surface area (Å²) in [5, 5.41) is 2.80. The Kier molecular flexibility index (Phi) is 5.04. The molecule has 26 heavy (non-hydrogen) atoms. The van der Waals surface area contributed by atoms with E-state index in [1.165, 1.54) is 0 Å². The highest BCUT2D eigenvalue weighted by Gasteiger charge is 2.21. The van der Waals surface area contributed by atoms with E-state index >= 15 is 0 Å². The molecule has 0 saturated heterocycles. The van der Waals surface area contributed by atoms with Crippen LogP contribution in [0.1, 0.15) is 42.1 Å². The minimum absolute atomic E-state index is 0. The van der Waals surface area contributed by atoms with Gasteiger partial charge in [0.1, 0.15) is 0 Å². The van der Waals surface area contributed by atoms with Crippen molar-refractivity contribution in [3.05, 3.63) is 58.5 Å². The molecule has 136 valence electrons. The first kappa shape index (κ1) is 18.1. The van der Waals surface area contributed by atoms with Gasteiger partial charge in [0.15, 0.2) is 0 Å². The third kappa shape index (κ3) is 3.20. The smallest absolute Gasteiger partial charge is 0.326 e. The number of fused-ring (bicyclic) bond motifs is 1. The Balaban J connectivity index is 0.00000196. The number of hydrogen-bond donors (Lipinski definition) is 3. The van der Waals surface area contributed by atoms with Gasteiger partial charge in [0.05, 0.1) is 22.4 Å². The monoisotopic (exact) mass is 372 g/mol. The lowest BCUT2D eigenvalue weighted by atomic mass is 10.1. The Morgan fingerprint density at radius 2 is 1.88 bits per heavy atom. The van der Waals surface area contributed by atoms with Crippen molar-refractivity contribution in [1.29, 1.82) is 0 Å². The van der Waals surface area contributed by atoms with Crippen molar-refractivity contribution in [2.24, 2.45) is 0 Å². The molecule has 0 unspecified atom stereocenters. The van der Waals surface area contributed by atoms with Crippen LogP contribution in [0, 0.1) is 0 Å². The van der Waals surface area contributed by atoms with E-state index in [4.69, 9.17) is 5.73 Å². The maximum Gasteiger partial charge on any atom is 0.326 e. The molecule has 2 aromatic carbocycles. The number of aromatic amines is 1. The molecule has 1 heterocycles. The van der Waals surface area contributed by atoms with Gasteiger partial charge >= 0.3 is 5.69 Å². The van der Waals surface area contributed by atoms with Gasteiger partial charge < -0.3 is 16.0 Å². The molecule has 7 heteroatoms. The van der Waals surface area contributed by atoms with Crippen LogP contribution in [-0.2, 0) is 0 Å². The van der Waals surface area contributed by atoms with Crippen LogP contribution < -0.4 is 16.7 Å². The van der Waals surface area contributed by atoms with E-state index in [9.17, 15) is 9.59 Å². The third-order valence-corrected chi connectivity index (χ3v) is 4.88. The predicted molar refractivity (Wildman–Crippen MR) is 106 cm³/mol. The lowest BCUT2D eigenvalue weighted by Crippen LogP contribution is -2.20. The standard InChI is InChI=1S/C19H20N4O2.ClH/c20-14-7-3-4-8-15(14)21-18(24)12-9-10-17-16(11-12)22-19(25)23(17)13-5-1-2-6-13;/h3-4,7-11,13H,1-2,5-6,20H2,(H,21,24)(H,22,25);1H. The zero-order valence-corrected chi connectivity index (χ0v) is 15.0. The van der Waals surface area contributed by atoms with Gasteiger partial charge in [0.2, 0.25) is 0 Å². The number of nitrogens with zero attached hydrogens (tertiary/aromatic N) is 1. The van der Waals surface area contributed by atoms with Crippen LogP contribution in [0.3, 0.4) is 0 Å². The van der Waals surface area contributed by atoms with Gasteiger partial charge in [-0.1, -0.05) is 25.0 Å². The number of H-pyrrole nitrogens is 1. The number of carbonyl (C=O) groups is 1. The summed E-state index contributed by atoms with van der Waals surface area (Å²) in [5.74, 6) is -0.255. The van der Waals surface area contributed by atoms with Gasteiger partial charge in [0.25, 0.3) is 5.91 Å². The fourth-order valence-electron chi connectivity index (χ4n) is 3.60. The molecular weight excluding hydrogens is 352 g/mol. The van der Waals surface area contributed by atoms with Crippen molar-refractivity contribution in [3.63, 3.8) is 0 Å². The quantitative estimate of drug-likeness (QED) is 0.612. The second kappa shape index (κ2) is 7.25. The van der Waals surface area contributed by atoms with E-state index < -0.39 is 0 Å². The van der Waals surface area contributed by atoms with Crippen molar-refractivity contribution in [1.82, 2.24) is 9.55 Å². The number of carbonyl (C=O) groups excluding carboxylic acids is 1. The van der Waals surface area contributed by atoms with E-state index in [0.717, 1.165) is 31.2 Å². The van der Waals surface area contributed by atoms with E-state index in [-0.39, 0.29) is 30.0 Å². The molecule has 4 rings (SSSR count). The summed E-state index contributed by atoms with van der Waals surface area (Å²) < 4.78 is 1.83. The van der Waals surface area contributed by atoms with Crippen LogP contribution in [0.25, 0.3) is 11.0 Å². The van der Waals surface area contributed by atoms with Gasteiger partial charge in [-0.25, -0.2) is 4.79 Å². The van der Waals surface area contributed by atoms with Crippen LogP contribution in [0.2, 0.25) is 0 Å². The number of nitrogen functional groups attached to an aromatic ring is 1. The number of benzene rings is 2. The summed E-state index contributed by atoms with van der Waals surface area (Å²) >= 11 is 0. The fraction of sp³-hybridized carbons (Fsp3) is 0.263. The Bertz CT molecular complexity index is 1000. The number of para-hydroxylation sites is 2. The number of hydrogen-bond acceptors (Lipinski definition) is 3. The van der Waals surface area contributed by atoms with Crippen molar-refractivity contribution in [2.45, 2.75) is 31.7 Å². The zero-order chi connectivity index (χ0) is 17.4. The highest BCUT2D eigenvalue weighted by atomic mass is 35.5. The number of aromatic nitrogens is 2. The summed E-state index contributed by atoms with van der Waals surface area (Å²) in [6.45, 7) is 0. The molecule has 4 N–H and O–H groups in total. The Morgan fingerprint density at radius 1 is 1.15 bits per heavy atom. The lowest BCUT2D eigenvalue weighted by molar-refractivity contribution is 0.102. The predicted octanol–water partition coefficient (Wildman–Crippen LogP) is 3.70. The van der Waals surface area contributed by atoms with Crippen molar-refractivity contribution >= 4 is 40.7 Å². The average molecular weight is 373 g/mol. The number of amides is 1. The second-order valence-corrected chi connectivity index (χ2v) is 6.51. The number of halogens is 1. The maximum atomic E-state index is 12.5. The van der Waals surface area contributed by atoms with Crippen LogP contribution in [0.15, 0.2) is 47.3 Å². The number of imidazole rings is 1. The molecule has 0 atom stereocenters. The van der Waals surface area contributed by atoms with Crippen LogP contribution >= 0.6 is 12.4 Å². The van der Waals surface area contributed by atoms with Crippen LogP contribution in [-0.4, -0.2) is 15.5 Å². The molecular formula is C19H21ClN4O2. The molecule has 1 saturated carbocycles. The molecule has 1 aliphatic carbocycles. The Labute approximate surface area is 156 Å². The molecule has 6 nitrogen and oxygen atoms in total. The van der Waals surface area contributed by atoms with Gasteiger partial charge in [-0.05, 0) is 43.2 Å². The van der Waals surface area contributed by atoms with Crippen molar-refractivity contribution in [2.75, 3.05) is 11.1 Å². The summed E-state index contributed by atoms with van der Waals surface area (Å²) in [5.41, 5.74) is 8.87. The van der Waals surface area contributed by atoms with Gasteiger partial charge in [0, 0.05) is 11.6 Å².